The van der Waals surface area contributed by atoms with Crippen LogP contribution in [0.5, 0.6) is 5.75 Å². The zero-order chi connectivity index (χ0) is 18.9. The molecule has 0 aliphatic carbocycles. The Morgan fingerprint density at radius 3 is 2.07 bits per heavy atom. The van der Waals surface area contributed by atoms with E-state index in [1.165, 1.54) is 30.5 Å². The maximum absolute atomic E-state index is 5.75. The van der Waals surface area contributed by atoms with E-state index >= 15 is 0 Å². The molecule has 0 amide bonds. The van der Waals surface area contributed by atoms with Crippen LogP contribution in [0.25, 0.3) is 11.3 Å². The summed E-state index contributed by atoms with van der Waals surface area (Å²) in [6.45, 7) is 2.99. The monoisotopic (exact) mass is 361 g/mol. The molecule has 0 radical (unpaired) electrons. The van der Waals surface area contributed by atoms with E-state index in [9.17, 15) is 0 Å². The second-order valence-corrected chi connectivity index (χ2v) is 6.65. The van der Waals surface area contributed by atoms with Gasteiger partial charge in [0.1, 0.15) is 5.75 Å². The largest absolute Gasteiger partial charge is 0.494 e. The Kier molecular flexibility index (Phi) is 6.80. The maximum Gasteiger partial charge on any atom is 0.119 e. The molecular weight excluding hydrogens is 334 g/mol. The summed E-state index contributed by atoms with van der Waals surface area (Å²) in [6, 6.07) is 20.0. The summed E-state index contributed by atoms with van der Waals surface area (Å²) in [4.78, 5) is 0. The highest BCUT2D eigenvalue weighted by Gasteiger charge is 2.01. The van der Waals surface area contributed by atoms with Gasteiger partial charge in [0.2, 0.25) is 0 Å². The minimum Gasteiger partial charge on any atom is -0.494 e. The Hall–Kier alpha value is -2.88. The summed E-state index contributed by atoms with van der Waals surface area (Å²) in [5, 5.41) is 8.64. The fourth-order valence-electron chi connectivity index (χ4n) is 2.90. The number of aryl methyl sites for hydroxylation is 1. The van der Waals surface area contributed by atoms with E-state index in [4.69, 9.17) is 4.74 Å². The van der Waals surface area contributed by atoms with E-state index in [1.807, 2.05) is 55.7 Å². The number of aromatic nitrogens is 1. The average molecular weight is 361 g/mol. The molecule has 4 heteroatoms. The fraction of sp³-hybridized carbons (Fsp3) is 0.304. The van der Waals surface area contributed by atoms with Crippen molar-refractivity contribution >= 4 is 11.4 Å². The number of hydrogen-bond acceptors (Lipinski definition) is 3. The van der Waals surface area contributed by atoms with E-state index in [0.717, 1.165) is 30.2 Å². The molecule has 0 spiro atoms. The number of azo groups is 1. The molecule has 0 atom stereocenters. The van der Waals surface area contributed by atoms with Crippen LogP contribution in [0.1, 0.15) is 32.6 Å². The second-order valence-electron chi connectivity index (χ2n) is 6.65. The van der Waals surface area contributed by atoms with Crippen molar-refractivity contribution in [2.45, 2.75) is 32.6 Å². The fourth-order valence-corrected chi connectivity index (χ4v) is 2.90. The van der Waals surface area contributed by atoms with Gasteiger partial charge in [-0.2, -0.15) is 10.2 Å². The van der Waals surface area contributed by atoms with Crippen molar-refractivity contribution in [2.75, 3.05) is 6.61 Å². The molecule has 0 fully saturated rings. The lowest BCUT2D eigenvalue weighted by atomic mass is 10.1. The van der Waals surface area contributed by atoms with Crippen LogP contribution in [0.3, 0.4) is 0 Å². The molecule has 0 unspecified atom stereocenters. The Labute approximate surface area is 161 Å². The quantitative estimate of drug-likeness (QED) is 0.297. The normalized spacial score (nSPS) is 11.2. The third-order valence-corrected chi connectivity index (χ3v) is 4.49. The number of rotatable bonds is 9. The van der Waals surface area contributed by atoms with Crippen molar-refractivity contribution in [3.05, 3.63) is 66.9 Å². The zero-order valence-corrected chi connectivity index (χ0v) is 16.1. The molecule has 2 aromatic carbocycles. The van der Waals surface area contributed by atoms with E-state index in [0.29, 0.717) is 0 Å². The number of benzene rings is 2. The molecule has 1 heterocycles. The first-order chi connectivity index (χ1) is 13.3. The minimum atomic E-state index is 0.772. The first kappa shape index (κ1) is 18.9. The van der Waals surface area contributed by atoms with Crippen molar-refractivity contribution in [3.63, 3.8) is 0 Å². The first-order valence-corrected chi connectivity index (χ1v) is 9.62. The number of unbranched alkanes of at least 4 members (excludes halogenated alkanes) is 3. The Morgan fingerprint density at radius 1 is 0.815 bits per heavy atom. The Bertz CT molecular complexity index is 848. The number of ether oxygens (including phenoxy) is 1. The molecule has 140 valence electrons. The van der Waals surface area contributed by atoms with Crippen molar-refractivity contribution in [1.82, 2.24) is 4.57 Å². The zero-order valence-electron chi connectivity index (χ0n) is 16.1. The van der Waals surface area contributed by atoms with Crippen molar-refractivity contribution in [3.8, 4) is 17.0 Å². The Morgan fingerprint density at radius 2 is 1.48 bits per heavy atom. The van der Waals surface area contributed by atoms with E-state index < -0.39 is 0 Å². The van der Waals surface area contributed by atoms with Gasteiger partial charge < -0.3 is 9.30 Å². The van der Waals surface area contributed by atoms with Crippen LogP contribution in [0.4, 0.5) is 11.4 Å². The molecule has 0 N–H and O–H groups in total. The highest BCUT2D eigenvalue weighted by atomic mass is 16.5. The molecule has 0 aliphatic rings. The summed E-state index contributed by atoms with van der Waals surface area (Å²) in [6.07, 6.45) is 6.89. The van der Waals surface area contributed by atoms with Gasteiger partial charge in [0.15, 0.2) is 0 Å². The standard InChI is InChI=1S/C23H27N3O/c1-3-4-5-6-18-27-22-15-13-21(14-16-22)25-24-20-11-9-19(10-12-20)23-8-7-17-26(23)2/h7-17H,3-6,18H2,1-2H3/b25-24+. The number of nitrogens with zero attached hydrogens (tertiary/aromatic N) is 3. The van der Waals surface area contributed by atoms with Crippen LogP contribution >= 0.6 is 0 Å². The van der Waals surface area contributed by atoms with E-state index in [-0.39, 0.29) is 0 Å². The van der Waals surface area contributed by atoms with Crippen LogP contribution in [-0.2, 0) is 7.05 Å². The second kappa shape index (κ2) is 9.72. The summed E-state index contributed by atoms with van der Waals surface area (Å²) in [5.41, 5.74) is 4.01. The van der Waals surface area contributed by atoms with Crippen LogP contribution in [0.15, 0.2) is 77.1 Å². The van der Waals surface area contributed by atoms with Gasteiger partial charge >= 0.3 is 0 Å². The third-order valence-electron chi connectivity index (χ3n) is 4.49. The van der Waals surface area contributed by atoms with Gasteiger partial charge in [0, 0.05) is 18.9 Å². The lowest BCUT2D eigenvalue weighted by Crippen LogP contribution is -1.96. The van der Waals surface area contributed by atoms with Crippen LogP contribution in [0, 0.1) is 0 Å². The van der Waals surface area contributed by atoms with Gasteiger partial charge in [-0.1, -0.05) is 38.3 Å². The van der Waals surface area contributed by atoms with Gasteiger partial charge in [-0.25, -0.2) is 0 Å². The first-order valence-electron chi connectivity index (χ1n) is 9.62. The molecule has 3 rings (SSSR count). The molecule has 1 aromatic heterocycles. The molecule has 27 heavy (non-hydrogen) atoms. The topological polar surface area (TPSA) is 38.9 Å². The predicted octanol–water partition coefficient (Wildman–Crippen LogP) is 7.07. The maximum atomic E-state index is 5.75. The van der Waals surface area contributed by atoms with Crippen molar-refractivity contribution in [1.29, 1.82) is 0 Å². The van der Waals surface area contributed by atoms with Gasteiger partial charge in [-0.3, -0.25) is 0 Å². The molecule has 0 bridgehead atoms. The number of hydrogen-bond donors (Lipinski definition) is 0. The molecule has 4 nitrogen and oxygen atoms in total. The Balaban J connectivity index is 1.54. The lowest BCUT2D eigenvalue weighted by Gasteiger charge is -2.05. The van der Waals surface area contributed by atoms with Gasteiger partial charge in [0.05, 0.1) is 18.0 Å². The molecule has 3 aromatic rings. The molecule has 0 saturated carbocycles. The average Bonchev–Trinajstić information content (AvgIpc) is 3.13. The van der Waals surface area contributed by atoms with Crippen molar-refractivity contribution in [2.24, 2.45) is 17.3 Å². The van der Waals surface area contributed by atoms with Crippen LogP contribution < -0.4 is 4.74 Å². The van der Waals surface area contributed by atoms with Gasteiger partial charge in [-0.15, -0.1) is 0 Å². The van der Waals surface area contributed by atoms with Crippen LogP contribution in [-0.4, -0.2) is 11.2 Å². The third kappa shape index (κ3) is 5.55. The summed E-state index contributed by atoms with van der Waals surface area (Å²) in [5.74, 6) is 0.886. The molecular formula is C23H27N3O. The highest BCUT2D eigenvalue weighted by molar-refractivity contribution is 5.62. The molecule has 0 saturated heterocycles. The predicted molar refractivity (Wildman–Crippen MR) is 111 cm³/mol. The lowest BCUT2D eigenvalue weighted by molar-refractivity contribution is 0.305. The van der Waals surface area contributed by atoms with Crippen molar-refractivity contribution < 1.29 is 4.74 Å². The van der Waals surface area contributed by atoms with Crippen LogP contribution in [0.2, 0.25) is 0 Å². The highest BCUT2D eigenvalue weighted by Crippen LogP contribution is 2.25. The minimum absolute atomic E-state index is 0.772. The SMILES string of the molecule is CCCCCCOc1ccc(/N=N/c2ccc(-c3cccn3C)cc2)cc1. The smallest absolute Gasteiger partial charge is 0.119 e. The summed E-state index contributed by atoms with van der Waals surface area (Å²) in [7, 11) is 2.04. The summed E-state index contributed by atoms with van der Waals surface area (Å²) < 4.78 is 7.86. The van der Waals surface area contributed by atoms with Gasteiger partial charge in [0.25, 0.3) is 0 Å². The van der Waals surface area contributed by atoms with Gasteiger partial charge in [-0.05, 0) is 60.5 Å². The molecule has 0 aliphatic heterocycles. The van der Waals surface area contributed by atoms with E-state index in [1.54, 1.807) is 0 Å². The summed E-state index contributed by atoms with van der Waals surface area (Å²) >= 11 is 0. The van der Waals surface area contributed by atoms with E-state index in [2.05, 4.69) is 39.9 Å².